The van der Waals surface area contributed by atoms with Gasteiger partial charge >= 0.3 is 0 Å². The van der Waals surface area contributed by atoms with Crippen LogP contribution in [0, 0.1) is 0 Å². The topological polar surface area (TPSA) is 55.9 Å². The van der Waals surface area contributed by atoms with Gasteiger partial charge in [0.2, 0.25) is 0 Å². The van der Waals surface area contributed by atoms with Gasteiger partial charge in [0.15, 0.2) is 0 Å². The number of nitrogens with one attached hydrogen (secondary N) is 1. The molecule has 0 aliphatic carbocycles. The van der Waals surface area contributed by atoms with E-state index in [0.29, 0.717) is 5.02 Å². The molecule has 0 aliphatic heterocycles. The van der Waals surface area contributed by atoms with E-state index in [-0.39, 0.29) is 12.1 Å². The number of hydrogen-bond acceptors (Lipinski definition) is 3. The number of nitrogens with two attached hydrogens (primary N) is 1. The average Bonchev–Trinajstić information content (AvgIpc) is 2.77. The first-order valence-electron chi connectivity index (χ1n) is 6.09. The van der Waals surface area contributed by atoms with Gasteiger partial charge in [0.05, 0.1) is 22.4 Å². The molecule has 20 heavy (non-hydrogen) atoms. The van der Waals surface area contributed by atoms with Gasteiger partial charge in [-0.1, -0.05) is 27.5 Å². The van der Waals surface area contributed by atoms with Gasteiger partial charge in [-0.25, -0.2) is 5.43 Å². The zero-order valence-corrected chi connectivity index (χ0v) is 15.0. The quantitative estimate of drug-likeness (QED) is 0.574. The normalized spacial score (nSPS) is 12.9. The minimum atomic E-state index is -0.220. The van der Waals surface area contributed by atoms with Crippen molar-refractivity contribution in [2.45, 2.75) is 25.9 Å². The summed E-state index contributed by atoms with van der Waals surface area (Å²) in [6.07, 6.45) is 1.78. The van der Waals surface area contributed by atoms with Crippen molar-refractivity contribution in [2.24, 2.45) is 5.84 Å². The lowest BCUT2D eigenvalue weighted by Crippen LogP contribution is -2.31. The molecule has 1 heterocycles. The van der Waals surface area contributed by atoms with Gasteiger partial charge in [0, 0.05) is 15.5 Å². The van der Waals surface area contributed by atoms with Crippen molar-refractivity contribution in [1.82, 2.24) is 15.2 Å². The first kappa shape index (κ1) is 16.0. The highest BCUT2D eigenvalue weighted by atomic mass is 79.9. The number of aromatic nitrogens is 2. The second-order valence-electron chi connectivity index (χ2n) is 4.68. The largest absolute Gasteiger partial charge is 0.271 e. The van der Waals surface area contributed by atoms with Crippen molar-refractivity contribution in [3.8, 4) is 0 Å². The highest BCUT2D eigenvalue weighted by molar-refractivity contribution is 9.10. The smallest absolute Gasteiger partial charge is 0.0901 e. The maximum atomic E-state index is 6.10. The van der Waals surface area contributed by atoms with E-state index in [0.717, 1.165) is 20.2 Å². The van der Waals surface area contributed by atoms with E-state index in [9.17, 15) is 0 Å². The summed E-state index contributed by atoms with van der Waals surface area (Å²) in [5.74, 6) is 5.78. The Morgan fingerprint density at radius 1 is 1.30 bits per heavy atom. The second-order valence-corrected chi connectivity index (χ2v) is 6.83. The fraction of sp³-hybridized carbons (Fsp3) is 0.308. The van der Waals surface area contributed by atoms with Crippen molar-refractivity contribution >= 4 is 43.5 Å². The van der Waals surface area contributed by atoms with Gasteiger partial charge in [-0.2, -0.15) is 5.10 Å². The molecule has 1 aromatic heterocycles. The standard InChI is InChI=1S/C13H15Br2ClN4/c1-7(2)20-13(11(15)6-18-20)12(19-17)9-5-8(16)3-4-10(9)14/h3-7,12,19H,17H2,1-2H3. The van der Waals surface area contributed by atoms with E-state index in [1.807, 2.05) is 22.9 Å². The lowest BCUT2D eigenvalue weighted by Gasteiger charge is -2.22. The van der Waals surface area contributed by atoms with E-state index in [4.69, 9.17) is 17.4 Å². The Balaban J connectivity index is 2.58. The van der Waals surface area contributed by atoms with E-state index < -0.39 is 0 Å². The SMILES string of the molecule is CC(C)n1ncc(Br)c1C(NN)c1cc(Cl)ccc1Br. The molecule has 1 unspecified atom stereocenters. The fourth-order valence-corrected chi connectivity index (χ4v) is 3.24. The molecule has 4 nitrogen and oxygen atoms in total. The van der Waals surface area contributed by atoms with Gasteiger partial charge in [0.25, 0.3) is 0 Å². The third-order valence-electron chi connectivity index (χ3n) is 2.99. The van der Waals surface area contributed by atoms with Crippen LogP contribution in [0.1, 0.15) is 37.2 Å². The average molecular weight is 423 g/mol. The monoisotopic (exact) mass is 420 g/mol. The molecule has 3 N–H and O–H groups in total. The summed E-state index contributed by atoms with van der Waals surface area (Å²) in [5, 5.41) is 5.05. The Morgan fingerprint density at radius 2 is 2.00 bits per heavy atom. The maximum Gasteiger partial charge on any atom is 0.0901 e. The number of hydrogen-bond donors (Lipinski definition) is 2. The Hall–Kier alpha value is -0.400. The summed E-state index contributed by atoms with van der Waals surface area (Å²) >= 11 is 13.2. The highest BCUT2D eigenvalue weighted by Gasteiger charge is 2.24. The zero-order valence-electron chi connectivity index (χ0n) is 11.1. The van der Waals surface area contributed by atoms with Crippen LogP contribution in [0.15, 0.2) is 33.3 Å². The van der Waals surface area contributed by atoms with Gasteiger partial charge in [-0.3, -0.25) is 10.5 Å². The molecule has 0 fully saturated rings. The van der Waals surface area contributed by atoms with Crippen LogP contribution < -0.4 is 11.3 Å². The Morgan fingerprint density at radius 3 is 2.60 bits per heavy atom. The fourth-order valence-electron chi connectivity index (χ4n) is 2.08. The summed E-state index contributed by atoms with van der Waals surface area (Å²) < 4.78 is 3.77. The number of benzene rings is 1. The van der Waals surface area contributed by atoms with E-state index in [1.165, 1.54) is 0 Å². The molecule has 1 aromatic carbocycles. The molecule has 0 spiro atoms. The van der Waals surface area contributed by atoms with Crippen LogP contribution in [-0.4, -0.2) is 9.78 Å². The van der Waals surface area contributed by atoms with Crippen LogP contribution in [0.5, 0.6) is 0 Å². The molecular weight excluding hydrogens is 407 g/mol. The first-order valence-corrected chi connectivity index (χ1v) is 8.06. The highest BCUT2D eigenvalue weighted by Crippen LogP contribution is 2.34. The van der Waals surface area contributed by atoms with Crippen LogP contribution in [0.3, 0.4) is 0 Å². The first-order chi connectivity index (χ1) is 9.45. The second kappa shape index (κ2) is 6.58. The lowest BCUT2D eigenvalue weighted by atomic mass is 10.0. The Bertz CT molecular complexity index is 612. The van der Waals surface area contributed by atoms with Crippen molar-refractivity contribution < 1.29 is 0 Å². The molecule has 0 aliphatic rings. The van der Waals surface area contributed by atoms with Crippen LogP contribution in [-0.2, 0) is 0 Å². The predicted octanol–water partition coefficient (Wildman–Crippen LogP) is 4.20. The van der Waals surface area contributed by atoms with Crippen molar-refractivity contribution in [1.29, 1.82) is 0 Å². The van der Waals surface area contributed by atoms with Crippen molar-refractivity contribution in [3.05, 3.63) is 49.6 Å². The summed E-state index contributed by atoms with van der Waals surface area (Å²) in [4.78, 5) is 0. The molecule has 0 radical (unpaired) electrons. The maximum absolute atomic E-state index is 6.10. The number of nitrogens with zero attached hydrogens (tertiary/aromatic N) is 2. The number of hydrazine groups is 1. The Kier molecular flexibility index (Phi) is 5.25. The lowest BCUT2D eigenvalue weighted by molar-refractivity contribution is 0.475. The number of halogens is 3. The minimum Gasteiger partial charge on any atom is -0.271 e. The summed E-state index contributed by atoms with van der Waals surface area (Å²) in [6.45, 7) is 4.15. The van der Waals surface area contributed by atoms with Crippen molar-refractivity contribution in [3.63, 3.8) is 0 Å². The zero-order chi connectivity index (χ0) is 14.9. The third kappa shape index (κ3) is 3.09. The van der Waals surface area contributed by atoms with Crippen LogP contribution >= 0.6 is 43.5 Å². The summed E-state index contributed by atoms with van der Waals surface area (Å²) in [5.41, 5.74) is 4.77. The molecule has 108 valence electrons. The van der Waals surface area contributed by atoms with Gasteiger partial charge in [0.1, 0.15) is 0 Å². The van der Waals surface area contributed by atoms with Crippen LogP contribution in [0.2, 0.25) is 5.02 Å². The van der Waals surface area contributed by atoms with Gasteiger partial charge in [-0.15, -0.1) is 0 Å². The molecule has 7 heteroatoms. The predicted molar refractivity (Wildman–Crippen MR) is 88.6 cm³/mol. The molecule has 0 amide bonds. The summed E-state index contributed by atoms with van der Waals surface area (Å²) in [6, 6.07) is 5.64. The third-order valence-corrected chi connectivity index (χ3v) is 4.55. The molecular formula is C13H15Br2ClN4. The van der Waals surface area contributed by atoms with E-state index in [2.05, 4.69) is 56.2 Å². The molecule has 1 atom stereocenters. The molecule has 0 saturated carbocycles. The van der Waals surface area contributed by atoms with E-state index in [1.54, 1.807) is 6.20 Å². The van der Waals surface area contributed by atoms with Crippen LogP contribution in [0.25, 0.3) is 0 Å². The Labute approximate surface area is 139 Å². The van der Waals surface area contributed by atoms with Crippen molar-refractivity contribution in [2.75, 3.05) is 0 Å². The van der Waals surface area contributed by atoms with Crippen LogP contribution in [0.4, 0.5) is 0 Å². The molecule has 2 rings (SSSR count). The molecule has 0 saturated heterocycles. The number of rotatable bonds is 4. The minimum absolute atomic E-state index is 0.220. The molecule has 2 aromatic rings. The van der Waals surface area contributed by atoms with E-state index >= 15 is 0 Å². The van der Waals surface area contributed by atoms with Gasteiger partial charge < -0.3 is 0 Å². The van der Waals surface area contributed by atoms with Gasteiger partial charge in [-0.05, 0) is 53.5 Å². The summed E-state index contributed by atoms with van der Waals surface area (Å²) in [7, 11) is 0. The molecule has 0 bridgehead atoms.